The minimum atomic E-state index is -0.927. The van der Waals surface area contributed by atoms with Gasteiger partial charge in [-0.1, -0.05) is 0 Å². The summed E-state index contributed by atoms with van der Waals surface area (Å²) in [5.74, 6) is -1.31. The van der Waals surface area contributed by atoms with E-state index in [-0.39, 0.29) is 34.1 Å². The molecule has 0 saturated carbocycles. The lowest BCUT2D eigenvalue weighted by molar-refractivity contribution is 0.554. The third-order valence-electron chi connectivity index (χ3n) is 5.17. The highest BCUT2D eigenvalue weighted by Crippen LogP contribution is 2.23. The lowest BCUT2D eigenvalue weighted by Crippen LogP contribution is -2.24. The van der Waals surface area contributed by atoms with Crippen molar-refractivity contribution >= 4 is 16.6 Å². The molecule has 0 aliphatic heterocycles. The van der Waals surface area contributed by atoms with Crippen LogP contribution in [-0.2, 0) is 6.54 Å². The topological polar surface area (TPSA) is 118 Å². The number of H-pyrrole nitrogens is 1. The van der Waals surface area contributed by atoms with Crippen LogP contribution in [-0.4, -0.2) is 35.8 Å². The third kappa shape index (κ3) is 4.76. The van der Waals surface area contributed by atoms with E-state index in [2.05, 4.69) is 25.4 Å². The van der Waals surface area contributed by atoms with Crippen LogP contribution in [0.25, 0.3) is 22.3 Å². The van der Waals surface area contributed by atoms with Gasteiger partial charge in [0.15, 0.2) is 5.82 Å². The quantitative estimate of drug-likeness (QED) is 0.442. The van der Waals surface area contributed by atoms with Crippen molar-refractivity contribution in [3.8, 4) is 11.4 Å². The fourth-order valence-electron chi connectivity index (χ4n) is 3.43. The van der Waals surface area contributed by atoms with Gasteiger partial charge in [0.25, 0.3) is 5.56 Å². The van der Waals surface area contributed by atoms with Crippen molar-refractivity contribution in [2.24, 2.45) is 0 Å². The second-order valence-corrected chi connectivity index (χ2v) is 7.79. The van der Waals surface area contributed by atoms with E-state index < -0.39 is 17.2 Å². The molecule has 0 fully saturated rings. The predicted molar refractivity (Wildman–Crippen MR) is 119 cm³/mol. The number of hydrogen-bond donors (Lipinski definition) is 2. The molecule has 0 amide bonds. The van der Waals surface area contributed by atoms with E-state index in [1.165, 1.54) is 23.2 Å². The molecule has 0 radical (unpaired) electrons. The Hall–Kier alpha value is -4.02. The van der Waals surface area contributed by atoms with Crippen LogP contribution in [0.4, 0.5) is 14.5 Å². The molecule has 11 heteroatoms. The van der Waals surface area contributed by atoms with Gasteiger partial charge in [-0.05, 0) is 44.4 Å². The molecule has 170 valence electrons. The van der Waals surface area contributed by atoms with Crippen LogP contribution in [0.5, 0.6) is 0 Å². The zero-order valence-electron chi connectivity index (χ0n) is 18.0. The predicted octanol–water partition coefficient (Wildman–Crippen LogP) is 2.80. The largest absolute Gasteiger partial charge is 0.379 e. The summed E-state index contributed by atoms with van der Waals surface area (Å²) in [6, 6.07) is 2.45. The van der Waals surface area contributed by atoms with Gasteiger partial charge in [0.1, 0.15) is 5.82 Å². The Morgan fingerprint density at radius 1 is 1.12 bits per heavy atom. The van der Waals surface area contributed by atoms with Crippen LogP contribution < -0.4 is 16.4 Å². The smallest absolute Gasteiger partial charge is 0.302 e. The van der Waals surface area contributed by atoms with Gasteiger partial charge < -0.3 is 5.32 Å². The molecule has 33 heavy (non-hydrogen) atoms. The first kappa shape index (κ1) is 22.2. The Kier molecular flexibility index (Phi) is 6.20. The summed E-state index contributed by atoms with van der Waals surface area (Å²) in [5, 5.41) is 8.64. The van der Waals surface area contributed by atoms with E-state index >= 15 is 0 Å². The standard InChI is InChI=1S/C22H21F2N7O2/c1-12-8-25-20(26-9-12)14-7-17-15(6-16(14)23)22(33)31(11-27-17)5-3-4-13(2)29-18-10-28-30-21(32)19(18)24/h6-11,13H,3-5H2,1-2H3,(H2,29,30,32)/t13-/m0/s1. The fourth-order valence-corrected chi connectivity index (χ4v) is 3.43. The molecule has 3 heterocycles. The summed E-state index contributed by atoms with van der Waals surface area (Å²) in [7, 11) is 0. The molecule has 0 aliphatic carbocycles. The lowest BCUT2D eigenvalue weighted by Gasteiger charge is -2.15. The Labute approximate surface area is 186 Å². The number of aromatic amines is 1. The van der Waals surface area contributed by atoms with Crippen molar-refractivity contribution < 1.29 is 8.78 Å². The highest BCUT2D eigenvalue weighted by Gasteiger charge is 2.14. The van der Waals surface area contributed by atoms with Gasteiger partial charge >= 0.3 is 5.56 Å². The number of aromatic nitrogens is 6. The number of nitrogens with one attached hydrogen (secondary N) is 2. The van der Waals surface area contributed by atoms with Gasteiger partial charge in [0.2, 0.25) is 5.82 Å². The van der Waals surface area contributed by atoms with E-state index in [0.717, 1.165) is 11.6 Å². The number of benzene rings is 1. The molecule has 4 aromatic rings. The van der Waals surface area contributed by atoms with Crippen LogP contribution in [0.3, 0.4) is 0 Å². The molecule has 0 aliphatic rings. The van der Waals surface area contributed by atoms with Crippen LogP contribution >= 0.6 is 0 Å². The number of aryl methyl sites for hydroxylation is 2. The number of hydrogen-bond acceptors (Lipinski definition) is 7. The van der Waals surface area contributed by atoms with Crippen molar-refractivity contribution in [1.82, 2.24) is 29.7 Å². The maximum absolute atomic E-state index is 14.7. The molecular weight excluding hydrogens is 432 g/mol. The summed E-state index contributed by atoms with van der Waals surface area (Å²) >= 11 is 0. The summed E-state index contributed by atoms with van der Waals surface area (Å²) < 4.78 is 29.9. The molecule has 1 atom stereocenters. The number of anilines is 1. The Morgan fingerprint density at radius 3 is 2.64 bits per heavy atom. The molecule has 4 rings (SSSR count). The Morgan fingerprint density at radius 2 is 1.88 bits per heavy atom. The first-order valence-corrected chi connectivity index (χ1v) is 10.3. The van der Waals surface area contributed by atoms with Crippen molar-refractivity contribution in [1.29, 1.82) is 0 Å². The van der Waals surface area contributed by atoms with E-state index in [4.69, 9.17) is 0 Å². The number of halogens is 2. The summed E-state index contributed by atoms with van der Waals surface area (Å²) in [6.07, 6.45) is 6.95. The molecule has 1 aromatic carbocycles. The van der Waals surface area contributed by atoms with Gasteiger partial charge in [-0.2, -0.15) is 9.49 Å². The number of nitrogens with zero attached hydrogens (tertiary/aromatic N) is 5. The minimum Gasteiger partial charge on any atom is -0.379 e. The van der Waals surface area contributed by atoms with Gasteiger partial charge in [-0.15, -0.1) is 0 Å². The zero-order chi connectivity index (χ0) is 23.5. The molecule has 0 saturated heterocycles. The molecule has 0 unspecified atom stereocenters. The van der Waals surface area contributed by atoms with Crippen LogP contribution in [0.15, 0.2) is 46.6 Å². The number of rotatable bonds is 7. The average molecular weight is 453 g/mol. The highest BCUT2D eigenvalue weighted by atomic mass is 19.1. The lowest BCUT2D eigenvalue weighted by atomic mass is 10.1. The van der Waals surface area contributed by atoms with Crippen molar-refractivity contribution in [2.45, 2.75) is 39.3 Å². The fraction of sp³-hybridized carbons (Fsp3) is 0.273. The molecule has 2 N–H and O–H groups in total. The van der Waals surface area contributed by atoms with E-state index in [0.29, 0.717) is 24.9 Å². The highest BCUT2D eigenvalue weighted by molar-refractivity contribution is 5.82. The monoisotopic (exact) mass is 453 g/mol. The normalized spacial score (nSPS) is 12.1. The first-order valence-electron chi connectivity index (χ1n) is 10.3. The average Bonchev–Trinajstić information content (AvgIpc) is 2.79. The maximum Gasteiger partial charge on any atom is 0.302 e. The van der Waals surface area contributed by atoms with Crippen LogP contribution in [0, 0.1) is 18.6 Å². The van der Waals surface area contributed by atoms with Crippen molar-refractivity contribution in [3.63, 3.8) is 0 Å². The summed E-state index contributed by atoms with van der Waals surface area (Å²) in [4.78, 5) is 36.7. The minimum absolute atomic E-state index is 0.0135. The Bertz CT molecular complexity index is 1420. The van der Waals surface area contributed by atoms with Crippen LogP contribution in [0.2, 0.25) is 0 Å². The van der Waals surface area contributed by atoms with Gasteiger partial charge in [0, 0.05) is 25.0 Å². The van der Waals surface area contributed by atoms with Gasteiger partial charge in [-0.3, -0.25) is 14.2 Å². The molecule has 3 aromatic heterocycles. The van der Waals surface area contributed by atoms with Crippen molar-refractivity contribution in [2.75, 3.05) is 5.32 Å². The van der Waals surface area contributed by atoms with Gasteiger partial charge in [-0.25, -0.2) is 24.4 Å². The third-order valence-corrected chi connectivity index (χ3v) is 5.17. The second-order valence-electron chi connectivity index (χ2n) is 7.79. The molecule has 0 bridgehead atoms. The molecular formula is C22H21F2N7O2. The number of fused-ring (bicyclic) bond motifs is 1. The SMILES string of the molecule is Cc1cnc(-c2cc3ncn(CCC[C@H](C)Nc4cn[nH]c(=O)c4F)c(=O)c3cc2F)nc1. The van der Waals surface area contributed by atoms with E-state index in [1.54, 1.807) is 12.4 Å². The Balaban J connectivity index is 1.47. The van der Waals surface area contributed by atoms with Gasteiger partial charge in [0.05, 0.1) is 34.7 Å². The van der Waals surface area contributed by atoms with E-state index in [1.807, 2.05) is 18.9 Å². The first-order chi connectivity index (χ1) is 15.8. The summed E-state index contributed by atoms with van der Waals surface area (Å²) in [5.41, 5.74) is 0.132. The van der Waals surface area contributed by atoms with Crippen LogP contribution in [0.1, 0.15) is 25.3 Å². The maximum atomic E-state index is 14.7. The zero-order valence-corrected chi connectivity index (χ0v) is 18.0. The van der Waals surface area contributed by atoms with E-state index in [9.17, 15) is 18.4 Å². The summed E-state index contributed by atoms with van der Waals surface area (Å²) in [6.45, 7) is 4.00. The molecule has 0 spiro atoms. The van der Waals surface area contributed by atoms with Crippen molar-refractivity contribution in [3.05, 3.63) is 75.0 Å². The second kappa shape index (κ2) is 9.23. The molecule has 9 nitrogen and oxygen atoms in total.